The van der Waals surface area contributed by atoms with E-state index in [0.29, 0.717) is 35.1 Å². The fourth-order valence-electron chi connectivity index (χ4n) is 6.22. The predicted octanol–water partition coefficient (Wildman–Crippen LogP) is 3.86. The normalized spacial score (nSPS) is 17.3. The topological polar surface area (TPSA) is 209 Å². The van der Waals surface area contributed by atoms with Crippen molar-refractivity contribution in [2.75, 3.05) is 38.7 Å². The molecule has 4 rings (SSSR count). The second kappa shape index (κ2) is 18.6. The number of halogens is 3. The van der Waals surface area contributed by atoms with Crippen molar-refractivity contribution in [2.45, 2.75) is 64.8 Å². The lowest BCUT2D eigenvalue weighted by atomic mass is 9.96. The van der Waals surface area contributed by atoms with Crippen LogP contribution in [0.4, 0.5) is 23.0 Å². The van der Waals surface area contributed by atoms with Crippen molar-refractivity contribution < 1.29 is 66.4 Å². The fraction of sp³-hybridized carbons (Fsp3) is 0.417. The molecule has 0 aliphatic carbocycles. The second-order valence-corrected chi connectivity index (χ2v) is 13.8. The minimum atomic E-state index is -5.19. The highest BCUT2D eigenvalue weighted by atomic mass is 32.1. The number of thiophene rings is 1. The van der Waals surface area contributed by atoms with Crippen molar-refractivity contribution in [3.8, 4) is 11.5 Å². The maximum Gasteiger partial charge on any atom is 0.430 e. The van der Waals surface area contributed by atoms with Crippen LogP contribution in [0.15, 0.2) is 48.5 Å². The number of alkyl halides is 3. The van der Waals surface area contributed by atoms with Crippen LogP contribution in [0.2, 0.25) is 0 Å². The Hall–Kier alpha value is -5.36. The number of nitrogens with zero attached hydrogens (tertiary/aromatic N) is 2. The number of ether oxygens (including phenoxy) is 2. The summed E-state index contributed by atoms with van der Waals surface area (Å²) in [5.41, 5.74) is 7.97. The lowest BCUT2D eigenvalue weighted by Gasteiger charge is -2.46. The Labute approximate surface area is 313 Å². The van der Waals surface area contributed by atoms with E-state index < -0.39 is 48.1 Å². The number of carbonyl (C=O) groups is 5. The van der Waals surface area contributed by atoms with Crippen LogP contribution in [-0.2, 0) is 32.0 Å². The van der Waals surface area contributed by atoms with Gasteiger partial charge in [0.15, 0.2) is 0 Å². The summed E-state index contributed by atoms with van der Waals surface area (Å²) in [6.07, 6.45) is -3.78. The average molecular weight is 781 g/mol. The van der Waals surface area contributed by atoms with Gasteiger partial charge < -0.3 is 44.7 Å². The van der Waals surface area contributed by atoms with Gasteiger partial charge in [-0.05, 0) is 69.0 Å². The van der Waals surface area contributed by atoms with Crippen molar-refractivity contribution in [2.24, 2.45) is 5.73 Å². The van der Waals surface area contributed by atoms with Crippen LogP contribution in [0.5, 0.6) is 11.5 Å². The number of amides is 3. The number of primary amides is 1. The zero-order valence-corrected chi connectivity index (χ0v) is 30.9. The predicted molar refractivity (Wildman–Crippen MR) is 188 cm³/mol. The Morgan fingerprint density at radius 2 is 1.63 bits per heavy atom. The lowest BCUT2D eigenvalue weighted by molar-refractivity contribution is -0.928. The molecule has 14 nitrogen and oxygen atoms in total. The fourth-order valence-corrected chi connectivity index (χ4v) is 7.30. The van der Waals surface area contributed by atoms with Crippen molar-refractivity contribution in [1.82, 2.24) is 4.90 Å². The number of esters is 2. The Bertz CT molecular complexity index is 1820. The molecule has 1 aliphatic rings. The van der Waals surface area contributed by atoms with Gasteiger partial charge in [0.05, 0.1) is 45.0 Å². The zero-order valence-electron chi connectivity index (χ0n) is 30.1. The summed E-state index contributed by atoms with van der Waals surface area (Å²) in [6, 6.07) is 11.2. The first-order chi connectivity index (χ1) is 25.3. The van der Waals surface area contributed by atoms with Crippen LogP contribution >= 0.6 is 11.3 Å². The Balaban J connectivity index is 0.00000102. The molecule has 5 N–H and O–H groups in total. The highest BCUT2D eigenvalue weighted by molar-refractivity contribution is 7.18. The number of aromatic hydroxyl groups is 2. The number of rotatable bonds is 12. The number of urea groups is 1. The van der Waals surface area contributed by atoms with Crippen molar-refractivity contribution in [1.29, 1.82) is 0 Å². The van der Waals surface area contributed by atoms with Gasteiger partial charge in [-0.3, -0.25) is 10.1 Å². The number of piperidine rings is 1. The molecular weight excluding hydrogens is 737 g/mol. The van der Waals surface area contributed by atoms with E-state index in [1.165, 1.54) is 17.0 Å². The van der Waals surface area contributed by atoms with Gasteiger partial charge in [-0.15, -0.1) is 11.3 Å². The summed E-state index contributed by atoms with van der Waals surface area (Å²) in [7, 11) is 2.07. The monoisotopic (exact) mass is 780 g/mol. The molecule has 0 spiro atoms. The minimum absolute atomic E-state index is 0.0375. The molecule has 0 bridgehead atoms. The third-order valence-electron chi connectivity index (χ3n) is 8.56. The number of likely N-dealkylation sites (tertiary alicyclic amines) is 1. The SMILES string of the molecule is CCOC(=O)c1sc(NC(=O)N([C@@H]2CCC[N+](C)(Cc3cccc(O)c3)C2)[C@@H](Cc2ccc(O)cc2)C(N)=O)c(C(=O)OCC)c1C.O=C([O-])C(F)(F)F. The summed E-state index contributed by atoms with van der Waals surface area (Å²) in [6.45, 7) is 6.98. The third-order valence-corrected chi connectivity index (χ3v) is 9.75. The number of benzene rings is 2. The number of nitrogens with two attached hydrogens (primary N) is 1. The van der Waals surface area contributed by atoms with Crippen molar-refractivity contribution in [3.63, 3.8) is 0 Å². The molecule has 1 unspecified atom stereocenters. The molecule has 294 valence electrons. The molecule has 0 radical (unpaired) electrons. The first kappa shape index (κ1) is 43.0. The average Bonchev–Trinajstić information content (AvgIpc) is 3.40. The van der Waals surface area contributed by atoms with Crippen LogP contribution in [0, 0.1) is 6.92 Å². The lowest BCUT2D eigenvalue weighted by Crippen LogP contribution is -2.62. The van der Waals surface area contributed by atoms with E-state index >= 15 is 0 Å². The van der Waals surface area contributed by atoms with Gasteiger partial charge in [0.25, 0.3) is 0 Å². The molecule has 1 fully saturated rings. The standard InChI is InChI=1S/C34H42N4O8S.C2HF3O2/c1-5-45-32(42)28-21(3)29(33(43)46-6-2)47-31(28)36-34(44)37(27(30(35)41)18-22-12-14-25(39)15-13-22)24-10-8-16-38(4,20-24)19-23-9-7-11-26(40)17-23;3-2(4,5)1(6)7/h7,9,11-15,17,24,27H,5-6,8,10,16,18-20H2,1-4H3,(H4-,35,36,39,40,41,42,43,44);(H,6,7)/t24-,27+,38?;/m1./s1. The molecule has 2 heterocycles. The summed E-state index contributed by atoms with van der Waals surface area (Å²) >= 11 is 0.904. The van der Waals surface area contributed by atoms with E-state index in [0.717, 1.165) is 29.9 Å². The molecule has 54 heavy (non-hydrogen) atoms. The Kier molecular flexibility index (Phi) is 14.8. The van der Waals surface area contributed by atoms with Gasteiger partial charge in [0.2, 0.25) is 5.91 Å². The number of hydrogen-bond acceptors (Lipinski definition) is 11. The molecule has 0 saturated carbocycles. The first-order valence-electron chi connectivity index (χ1n) is 16.8. The van der Waals surface area contributed by atoms with Crippen LogP contribution in [0.3, 0.4) is 0 Å². The first-order valence-corrected chi connectivity index (χ1v) is 17.7. The smallest absolute Gasteiger partial charge is 0.430 e. The molecular formula is C36H43F3N4O10S. The minimum Gasteiger partial charge on any atom is -0.542 e. The quantitative estimate of drug-likeness (QED) is 0.154. The second-order valence-electron chi connectivity index (χ2n) is 12.8. The largest absolute Gasteiger partial charge is 0.542 e. The molecule has 3 aromatic rings. The van der Waals surface area contributed by atoms with Gasteiger partial charge in [-0.1, -0.05) is 24.3 Å². The van der Waals surface area contributed by atoms with Crippen molar-refractivity contribution in [3.05, 3.63) is 75.7 Å². The number of carbonyl (C=O) groups excluding carboxylic acids is 5. The highest BCUT2D eigenvalue weighted by Gasteiger charge is 2.42. The van der Waals surface area contributed by atoms with Gasteiger partial charge >= 0.3 is 24.1 Å². The van der Waals surface area contributed by atoms with Crippen LogP contribution in [0.1, 0.15) is 63.4 Å². The number of anilines is 1. The van der Waals surface area contributed by atoms with E-state index in [1.54, 1.807) is 51.1 Å². The maximum atomic E-state index is 14.4. The number of carboxylic acid groups (broad SMARTS) is 1. The summed E-state index contributed by atoms with van der Waals surface area (Å²) in [4.78, 5) is 63.8. The molecule has 2 aromatic carbocycles. The van der Waals surface area contributed by atoms with Gasteiger partial charge in [-0.2, -0.15) is 13.2 Å². The van der Waals surface area contributed by atoms with Crippen LogP contribution < -0.4 is 16.2 Å². The van der Waals surface area contributed by atoms with E-state index in [4.69, 9.17) is 25.1 Å². The summed E-state index contributed by atoms with van der Waals surface area (Å²) in [5.74, 6) is -4.84. The zero-order chi connectivity index (χ0) is 40.4. The molecule has 1 aromatic heterocycles. The molecule has 3 atom stereocenters. The van der Waals surface area contributed by atoms with Gasteiger partial charge in [0, 0.05) is 12.0 Å². The highest BCUT2D eigenvalue weighted by Crippen LogP contribution is 2.36. The van der Waals surface area contributed by atoms with Crippen LogP contribution in [-0.4, -0.2) is 101 Å². The van der Waals surface area contributed by atoms with Crippen molar-refractivity contribution >= 4 is 46.2 Å². The van der Waals surface area contributed by atoms with Crippen LogP contribution in [0.25, 0.3) is 0 Å². The number of quaternary nitrogens is 1. The number of phenols is 2. The molecule has 18 heteroatoms. The van der Waals surface area contributed by atoms with E-state index in [1.807, 2.05) is 6.07 Å². The Morgan fingerprint density at radius 1 is 1.02 bits per heavy atom. The van der Waals surface area contributed by atoms with E-state index in [9.17, 15) is 42.6 Å². The van der Waals surface area contributed by atoms with Gasteiger partial charge in [-0.25, -0.2) is 14.4 Å². The number of phenolic OH excluding ortho intramolecular Hbond substituents is 2. The number of likely N-dealkylation sites (N-methyl/N-ethyl adjacent to an activating group) is 1. The molecule has 3 amide bonds. The number of nitrogens with one attached hydrogen (secondary N) is 1. The van der Waals surface area contributed by atoms with E-state index in [2.05, 4.69) is 12.4 Å². The number of hydrogen-bond donors (Lipinski definition) is 4. The summed E-state index contributed by atoms with van der Waals surface area (Å²) < 4.78 is 42.5. The van der Waals surface area contributed by atoms with E-state index in [-0.39, 0.29) is 46.6 Å². The van der Waals surface area contributed by atoms with Gasteiger partial charge in [0.1, 0.15) is 39.9 Å². The Morgan fingerprint density at radius 3 is 2.19 bits per heavy atom. The number of carboxylic acids is 1. The summed E-state index contributed by atoms with van der Waals surface area (Å²) in [5, 5.41) is 31.6. The number of aliphatic carboxylic acids is 1. The molecule has 1 saturated heterocycles. The maximum absolute atomic E-state index is 14.4. The molecule has 1 aliphatic heterocycles. The third kappa shape index (κ3) is 11.6.